The van der Waals surface area contributed by atoms with Crippen molar-refractivity contribution >= 4 is 11.8 Å². The van der Waals surface area contributed by atoms with E-state index in [1.807, 2.05) is 19.2 Å². The molecule has 2 unspecified atom stereocenters. The highest BCUT2D eigenvalue weighted by Gasteiger charge is 2.26. The van der Waals surface area contributed by atoms with Gasteiger partial charge in [0.15, 0.2) is 5.16 Å². The number of ether oxygens (including phenoxy) is 1. The van der Waals surface area contributed by atoms with Crippen molar-refractivity contribution in [2.75, 3.05) is 19.8 Å². The number of nitrogens with one attached hydrogen (secondary N) is 1. The second-order valence-electron chi connectivity index (χ2n) is 4.16. The summed E-state index contributed by atoms with van der Waals surface area (Å²) >= 11 is 1.72. The first-order chi connectivity index (χ1) is 8.29. The van der Waals surface area contributed by atoms with Crippen molar-refractivity contribution in [3.8, 4) is 0 Å². The maximum atomic E-state index is 5.54. The van der Waals surface area contributed by atoms with E-state index in [9.17, 15) is 0 Å². The first kappa shape index (κ1) is 12.8. The van der Waals surface area contributed by atoms with Crippen LogP contribution in [0.1, 0.15) is 19.0 Å². The molecule has 0 radical (unpaired) electrons. The lowest BCUT2D eigenvalue weighted by atomic mass is 10.1. The van der Waals surface area contributed by atoms with Crippen LogP contribution in [0.25, 0.3) is 0 Å². The summed E-state index contributed by atoms with van der Waals surface area (Å²) in [6, 6.07) is 2.42. The van der Waals surface area contributed by atoms with Gasteiger partial charge in [-0.25, -0.2) is 9.97 Å². The number of hydrogen-bond acceptors (Lipinski definition) is 5. The molecule has 2 rings (SSSR count). The Bertz CT molecular complexity index is 359. The van der Waals surface area contributed by atoms with E-state index in [1.165, 1.54) is 0 Å². The molecule has 0 aromatic carbocycles. The highest BCUT2D eigenvalue weighted by atomic mass is 32.2. The predicted octanol–water partition coefficient (Wildman–Crippen LogP) is 1.64. The van der Waals surface area contributed by atoms with Crippen molar-refractivity contribution in [3.63, 3.8) is 0 Å². The molecule has 0 aliphatic carbocycles. The molecule has 0 bridgehead atoms. The van der Waals surface area contributed by atoms with E-state index in [0.717, 1.165) is 37.0 Å². The van der Waals surface area contributed by atoms with Gasteiger partial charge in [0.2, 0.25) is 0 Å². The summed E-state index contributed by atoms with van der Waals surface area (Å²) < 4.78 is 5.54. The Labute approximate surface area is 107 Å². The number of thioether (sulfide) groups is 1. The van der Waals surface area contributed by atoms with Crippen molar-refractivity contribution in [2.24, 2.45) is 0 Å². The van der Waals surface area contributed by atoms with Gasteiger partial charge in [-0.2, -0.15) is 0 Å². The summed E-state index contributed by atoms with van der Waals surface area (Å²) in [6.07, 6.45) is 2.88. The van der Waals surface area contributed by atoms with E-state index < -0.39 is 0 Å². The van der Waals surface area contributed by atoms with Crippen LogP contribution in [0.5, 0.6) is 0 Å². The first-order valence-electron chi connectivity index (χ1n) is 6.07. The van der Waals surface area contributed by atoms with Crippen LogP contribution in [-0.2, 0) is 4.74 Å². The lowest BCUT2D eigenvalue weighted by Crippen LogP contribution is -2.44. The Balaban J connectivity index is 2.00. The smallest absolute Gasteiger partial charge is 0.188 e. The van der Waals surface area contributed by atoms with Crippen LogP contribution < -0.4 is 5.32 Å². The Morgan fingerprint density at radius 2 is 2.47 bits per heavy atom. The van der Waals surface area contributed by atoms with Crippen LogP contribution in [0.2, 0.25) is 0 Å². The number of hydrogen-bond donors (Lipinski definition) is 1. The second kappa shape index (κ2) is 6.33. The topological polar surface area (TPSA) is 47.0 Å². The largest absolute Gasteiger partial charge is 0.380 e. The number of aryl methyl sites for hydroxylation is 1. The van der Waals surface area contributed by atoms with E-state index in [2.05, 4.69) is 22.2 Å². The molecule has 2 atom stereocenters. The minimum Gasteiger partial charge on any atom is -0.380 e. The van der Waals surface area contributed by atoms with Gasteiger partial charge in [-0.15, -0.1) is 0 Å². The van der Waals surface area contributed by atoms with Gasteiger partial charge in [0.1, 0.15) is 0 Å². The van der Waals surface area contributed by atoms with Crippen molar-refractivity contribution in [1.29, 1.82) is 0 Å². The van der Waals surface area contributed by atoms with Crippen LogP contribution in [0, 0.1) is 6.92 Å². The monoisotopic (exact) mass is 253 g/mol. The fourth-order valence-electron chi connectivity index (χ4n) is 1.94. The predicted molar refractivity (Wildman–Crippen MR) is 69.3 cm³/mol. The third-order valence-electron chi connectivity index (χ3n) is 2.80. The number of nitrogens with zero attached hydrogens (tertiary/aromatic N) is 2. The summed E-state index contributed by atoms with van der Waals surface area (Å²) in [7, 11) is 0. The molecule has 5 heteroatoms. The molecule has 0 spiro atoms. The third-order valence-corrected chi connectivity index (χ3v) is 3.97. The molecule has 1 aliphatic heterocycles. The zero-order valence-corrected chi connectivity index (χ0v) is 11.2. The van der Waals surface area contributed by atoms with Gasteiger partial charge in [-0.3, -0.25) is 0 Å². The van der Waals surface area contributed by atoms with Crippen molar-refractivity contribution in [1.82, 2.24) is 15.3 Å². The second-order valence-corrected chi connectivity index (χ2v) is 5.37. The van der Waals surface area contributed by atoms with E-state index in [0.29, 0.717) is 11.3 Å². The van der Waals surface area contributed by atoms with Gasteiger partial charge in [-0.05, 0) is 26.0 Å². The maximum Gasteiger partial charge on any atom is 0.188 e. The zero-order chi connectivity index (χ0) is 12.1. The fourth-order valence-corrected chi connectivity index (χ4v) is 3.09. The molecule has 0 amide bonds. The van der Waals surface area contributed by atoms with Crippen molar-refractivity contribution in [2.45, 2.75) is 36.7 Å². The molecular weight excluding hydrogens is 234 g/mol. The van der Waals surface area contributed by atoms with Crippen LogP contribution in [-0.4, -0.2) is 41.0 Å². The maximum absolute atomic E-state index is 5.54. The van der Waals surface area contributed by atoms with Gasteiger partial charge < -0.3 is 10.1 Å². The van der Waals surface area contributed by atoms with Crippen LogP contribution in [0.15, 0.2) is 17.4 Å². The molecule has 94 valence electrons. The van der Waals surface area contributed by atoms with Gasteiger partial charge in [-0.1, -0.05) is 18.7 Å². The number of rotatable bonds is 4. The van der Waals surface area contributed by atoms with Gasteiger partial charge in [0, 0.05) is 24.5 Å². The van der Waals surface area contributed by atoms with Gasteiger partial charge in [0.05, 0.1) is 11.9 Å². The Morgan fingerprint density at radius 3 is 3.24 bits per heavy atom. The standard InChI is InChI=1S/C12H19N3OS/c1-3-13-10-5-7-16-8-11(10)17-12-14-6-4-9(2)15-12/h4,6,10-11,13H,3,5,7-8H2,1-2H3. The average Bonchev–Trinajstić information content (AvgIpc) is 2.32. The Kier molecular flexibility index (Phi) is 4.76. The molecule has 1 N–H and O–H groups in total. The minimum atomic E-state index is 0.408. The third kappa shape index (κ3) is 3.66. The minimum absolute atomic E-state index is 0.408. The molecule has 1 aromatic heterocycles. The normalized spacial score (nSPS) is 24.8. The van der Waals surface area contributed by atoms with Crippen LogP contribution in [0.4, 0.5) is 0 Å². The molecule has 4 nitrogen and oxygen atoms in total. The molecule has 1 fully saturated rings. The summed E-state index contributed by atoms with van der Waals surface area (Å²) in [5.41, 5.74) is 1.01. The molecule has 1 aromatic rings. The number of aromatic nitrogens is 2. The SMILES string of the molecule is CCNC1CCOCC1Sc1nccc(C)n1. The molecular formula is C12H19N3OS. The first-order valence-corrected chi connectivity index (χ1v) is 6.95. The van der Waals surface area contributed by atoms with Crippen molar-refractivity contribution < 1.29 is 4.74 Å². The molecule has 2 heterocycles. The van der Waals surface area contributed by atoms with E-state index in [-0.39, 0.29) is 0 Å². The van der Waals surface area contributed by atoms with Crippen LogP contribution in [0.3, 0.4) is 0 Å². The fraction of sp³-hybridized carbons (Fsp3) is 0.667. The molecule has 0 saturated carbocycles. The Morgan fingerprint density at radius 1 is 1.59 bits per heavy atom. The molecule has 17 heavy (non-hydrogen) atoms. The summed E-state index contributed by atoms with van der Waals surface area (Å²) in [5.74, 6) is 0. The lowest BCUT2D eigenvalue weighted by molar-refractivity contribution is 0.0836. The van der Waals surface area contributed by atoms with Crippen LogP contribution >= 0.6 is 11.8 Å². The van der Waals surface area contributed by atoms with E-state index in [1.54, 1.807) is 11.8 Å². The summed E-state index contributed by atoms with van der Waals surface area (Å²) in [5, 5.41) is 4.77. The quantitative estimate of drug-likeness (QED) is 0.827. The highest BCUT2D eigenvalue weighted by molar-refractivity contribution is 7.99. The Hall–Kier alpha value is -0.650. The van der Waals surface area contributed by atoms with E-state index >= 15 is 0 Å². The van der Waals surface area contributed by atoms with Gasteiger partial charge >= 0.3 is 0 Å². The summed E-state index contributed by atoms with van der Waals surface area (Å²) in [4.78, 5) is 8.73. The van der Waals surface area contributed by atoms with Crippen molar-refractivity contribution in [3.05, 3.63) is 18.0 Å². The van der Waals surface area contributed by atoms with Gasteiger partial charge in [0.25, 0.3) is 0 Å². The molecule has 1 saturated heterocycles. The van der Waals surface area contributed by atoms with E-state index in [4.69, 9.17) is 4.74 Å². The average molecular weight is 253 g/mol. The highest BCUT2D eigenvalue weighted by Crippen LogP contribution is 2.26. The summed E-state index contributed by atoms with van der Waals surface area (Å²) in [6.45, 7) is 6.75. The zero-order valence-electron chi connectivity index (χ0n) is 10.3. The molecule has 1 aliphatic rings. The lowest BCUT2D eigenvalue weighted by Gasteiger charge is -2.31.